The number of likely N-dealkylation sites (tertiary alicyclic amines) is 1. The van der Waals surface area contributed by atoms with Crippen molar-refractivity contribution in [1.29, 1.82) is 0 Å². The second-order valence-electron chi connectivity index (χ2n) is 9.49. The Morgan fingerprint density at radius 3 is 2.37 bits per heavy atom. The van der Waals surface area contributed by atoms with E-state index in [4.69, 9.17) is 4.74 Å². The minimum absolute atomic E-state index is 0.0929. The Morgan fingerprint density at radius 2 is 1.71 bits per heavy atom. The molecular weight excluding hydrogens is 446 g/mol. The third kappa shape index (κ3) is 6.19. The number of alkyl carbamates (subject to hydrolysis) is 1. The summed E-state index contributed by atoms with van der Waals surface area (Å²) in [6.07, 6.45) is 1.92. The second kappa shape index (κ2) is 11.4. The van der Waals surface area contributed by atoms with Gasteiger partial charge in [-0.15, -0.1) is 0 Å². The zero-order chi connectivity index (χ0) is 24.8. The largest absolute Gasteiger partial charge is 0.481 e. The Hall–Kier alpha value is -3.39. The smallest absolute Gasteiger partial charge is 0.407 e. The summed E-state index contributed by atoms with van der Waals surface area (Å²) in [6, 6.07) is 14.8. The third-order valence-corrected chi connectivity index (χ3v) is 6.87. The number of nitrogens with one attached hydrogen (secondary N) is 2. The van der Waals surface area contributed by atoms with Crippen LogP contribution in [0.2, 0.25) is 0 Å². The number of carboxylic acids is 1. The van der Waals surface area contributed by atoms with Crippen LogP contribution in [0.1, 0.15) is 42.7 Å². The fourth-order valence-electron chi connectivity index (χ4n) is 5.14. The summed E-state index contributed by atoms with van der Waals surface area (Å²) in [4.78, 5) is 39.0. The summed E-state index contributed by atoms with van der Waals surface area (Å²) in [5, 5.41) is 14.6. The van der Waals surface area contributed by atoms with Gasteiger partial charge in [-0.05, 0) is 54.6 Å². The fraction of sp³-hybridized carbons (Fsp3) is 0.444. The lowest BCUT2D eigenvalue weighted by Gasteiger charge is -2.22. The highest BCUT2D eigenvalue weighted by atomic mass is 16.5. The van der Waals surface area contributed by atoms with E-state index in [0.717, 1.165) is 54.6 Å². The Morgan fingerprint density at radius 1 is 1.06 bits per heavy atom. The van der Waals surface area contributed by atoms with Crippen molar-refractivity contribution >= 4 is 18.0 Å². The van der Waals surface area contributed by atoms with Crippen LogP contribution < -0.4 is 10.6 Å². The van der Waals surface area contributed by atoms with Gasteiger partial charge in [-0.3, -0.25) is 9.59 Å². The van der Waals surface area contributed by atoms with Gasteiger partial charge in [0.05, 0.1) is 6.42 Å². The molecule has 0 spiro atoms. The average Bonchev–Trinajstić information content (AvgIpc) is 3.00. The predicted octanol–water partition coefficient (Wildman–Crippen LogP) is 3.22. The van der Waals surface area contributed by atoms with Crippen molar-refractivity contribution < 1.29 is 24.2 Å². The SMILES string of the molecule is CN1CCCCC(CNC(=O)C(CC(=O)O)NC(=O)OCC2c3ccccc3-c3ccccc32)C1. The van der Waals surface area contributed by atoms with Gasteiger partial charge in [-0.1, -0.05) is 55.0 Å². The van der Waals surface area contributed by atoms with Crippen LogP contribution in [0.5, 0.6) is 0 Å². The number of fused-ring (bicyclic) bond motifs is 3. The molecule has 4 rings (SSSR count). The molecule has 1 aliphatic carbocycles. The molecule has 0 aromatic heterocycles. The molecule has 0 saturated carbocycles. The number of ether oxygens (including phenoxy) is 1. The molecule has 2 amide bonds. The van der Waals surface area contributed by atoms with Gasteiger partial charge in [0.25, 0.3) is 0 Å². The highest BCUT2D eigenvalue weighted by molar-refractivity contribution is 5.89. The monoisotopic (exact) mass is 479 g/mol. The fourth-order valence-corrected chi connectivity index (χ4v) is 5.14. The number of benzene rings is 2. The topological polar surface area (TPSA) is 108 Å². The van der Waals surface area contributed by atoms with Crippen LogP contribution in [0, 0.1) is 5.92 Å². The predicted molar refractivity (Wildman–Crippen MR) is 132 cm³/mol. The van der Waals surface area contributed by atoms with E-state index in [1.54, 1.807) is 0 Å². The molecule has 8 heteroatoms. The van der Waals surface area contributed by atoms with E-state index >= 15 is 0 Å². The first-order valence-corrected chi connectivity index (χ1v) is 12.2. The van der Waals surface area contributed by atoms with Crippen LogP contribution in [0.25, 0.3) is 11.1 Å². The molecule has 3 N–H and O–H groups in total. The maximum Gasteiger partial charge on any atom is 0.407 e. The molecule has 1 aliphatic heterocycles. The summed E-state index contributed by atoms with van der Waals surface area (Å²) >= 11 is 0. The van der Waals surface area contributed by atoms with Crippen molar-refractivity contribution in [1.82, 2.24) is 15.5 Å². The normalized spacial score (nSPS) is 18.6. The van der Waals surface area contributed by atoms with Crippen LogP contribution >= 0.6 is 0 Å². The number of hydrogen-bond donors (Lipinski definition) is 3. The number of rotatable bonds is 8. The summed E-state index contributed by atoms with van der Waals surface area (Å²) in [5.74, 6) is -1.50. The van der Waals surface area contributed by atoms with E-state index in [1.165, 1.54) is 0 Å². The molecule has 1 fully saturated rings. The molecule has 0 radical (unpaired) electrons. The molecule has 2 atom stereocenters. The van der Waals surface area contributed by atoms with Crippen molar-refractivity contribution in [2.45, 2.75) is 37.6 Å². The second-order valence-corrected chi connectivity index (χ2v) is 9.49. The Labute approximate surface area is 205 Å². The number of hydrogen-bond acceptors (Lipinski definition) is 5. The molecule has 2 aromatic rings. The van der Waals surface area contributed by atoms with Crippen molar-refractivity contribution in [3.8, 4) is 11.1 Å². The standard InChI is InChI=1S/C27H33N3O5/c1-30-13-7-6-8-18(16-30)15-28-26(33)24(14-25(31)32)29-27(34)35-17-23-21-11-4-2-9-19(21)20-10-3-5-12-22(20)23/h2-5,9-12,18,23-24H,6-8,13-17H2,1H3,(H,28,33)(H,29,34)(H,31,32). The Balaban J connectivity index is 1.35. The van der Waals surface area contributed by atoms with Gasteiger partial charge in [-0.25, -0.2) is 4.79 Å². The lowest BCUT2D eigenvalue weighted by molar-refractivity contribution is -0.139. The number of aliphatic carboxylic acids is 1. The number of amides is 2. The van der Waals surface area contributed by atoms with E-state index in [0.29, 0.717) is 12.5 Å². The van der Waals surface area contributed by atoms with Gasteiger partial charge < -0.3 is 25.4 Å². The van der Waals surface area contributed by atoms with Crippen LogP contribution in [-0.2, 0) is 14.3 Å². The van der Waals surface area contributed by atoms with E-state index < -0.39 is 30.4 Å². The molecule has 1 saturated heterocycles. The summed E-state index contributed by atoms with van der Waals surface area (Å²) in [6.45, 7) is 2.46. The van der Waals surface area contributed by atoms with Crippen molar-refractivity contribution in [2.75, 3.05) is 33.3 Å². The van der Waals surface area contributed by atoms with Crippen LogP contribution in [0.3, 0.4) is 0 Å². The van der Waals surface area contributed by atoms with Crippen LogP contribution in [-0.4, -0.2) is 67.3 Å². The van der Waals surface area contributed by atoms with E-state index in [9.17, 15) is 19.5 Å². The maximum absolute atomic E-state index is 12.8. The minimum Gasteiger partial charge on any atom is -0.481 e. The average molecular weight is 480 g/mol. The molecule has 35 heavy (non-hydrogen) atoms. The Kier molecular flexibility index (Phi) is 8.02. The van der Waals surface area contributed by atoms with Gasteiger partial charge in [0.2, 0.25) is 5.91 Å². The first-order valence-electron chi connectivity index (χ1n) is 12.2. The number of nitrogens with zero attached hydrogens (tertiary/aromatic N) is 1. The molecule has 8 nitrogen and oxygen atoms in total. The number of carboxylic acid groups (broad SMARTS) is 1. The van der Waals surface area contributed by atoms with Gasteiger partial charge in [0.15, 0.2) is 0 Å². The number of carbonyl (C=O) groups excluding carboxylic acids is 2. The molecule has 2 aliphatic rings. The van der Waals surface area contributed by atoms with Crippen molar-refractivity contribution in [3.63, 3.8) is 0 Å². The summed E-state index contributed by atoms with van der Waals surface area (Å²) in [5.41, 5.74) is 4.39. The van der Waals surface area contributed by atoms with Crippen molar-refractivity contribution in [2.24, 2.45) is 5.92 Å². The van der Waals surface area contributed by atoms with E-state index in [1.807, 2.05) is 48.5 Å². The number of carbonyl (C=O) groups is 3. The van der Waals surface area contributed by atoms with Crippen LogP contribution in [0.4, 0.5) is 4.79 Å². The minimum atomic E-state index is -1.20. The highest BCUT2D eigenvalue weighted by Gasteiger charge is 2.30. The lowest BCUT2D eigenvalue weighted by atomic mass is 9.98. The Bertz CT molecular complexity index is 1030. The van der Waals surface area contributed by atoms with Gasteiger partial charge in [-0.2, -0.15) is 0 Å². The molecule has 0 bridgehead atoms. The molecule has 2 aromatic carbocycles. The molecule has 186 valence electrons. The molecular formula is C27H33N3O5. The van der Waals surface area contributed by atoms with Crippen LogP contribution in [0.15, 0.2) is 48.5 Å². The highest BCUT2D eigenvalue weighted by Crippen LogP contribution is 2.44. The molecule has 2 unspecified atom stereocenters. The third-order valence-electron chi connectivity index (χ3n) is 6.87. The van der Waals surface area contributed by atoms with E-state index in [2.05, 4.69) is 22.6 Å². The lowest BCUT2D eigenvalue weighted by Crippen LogP contribution is -2.49. The van der Waals surface area contributed by atoms with Gasteiger partial charge in [0, 0.05) is 19.0 Å². The molecule has 1 heterocycles. The van der Waals surface area contributed by atoms with E-state index in [-0.39, 0.29) is 12.5 Å². The quantitative estimate of drug-likeness (QED) is 0.537. The maximum atomic E-state index is 12.8. The first-order chi connectivity index (χ1) is 16.9. The zero-order valence-corrected chi connectivity index (χ0v) is 20.0. The van der Waals surface area contributed by atoms with Crippen molar-refractivity contribution in [3.05, 3.63) is 59.7 Å². The zero-order valence-electron chi connectivity index (χ0n) is 20.0. The first kappa shape index (κ1) is 24.7. The van der Waals surface area contributed by atoms with Gasteiger partial charge >= 0.3 is 12.1 Å². The summed E-state index contributed by atoms with van der Waals surface area (Å²) < 4.78 is 5.50. The van der Waals surface area contributed by atoms with Gasteiger partial charge in [0.1, 0.15) is 12.6 Å². The summed E-state index contributed by atoms with van der Waals surface area (Å²) in [7, 11) is 2.06.